The van der Waals surface area contributed by atoms with Crippen molar-refractivity contribution in [3.05, 3.63) is 34.3 Å². The van der Waals surface area contributed by atoms with Gasteiger partial charge in [0, 0.05) is 29.4 Å². The maximum Gasteiger partial charge on any atom is 0.0548 e. The van der Waals surface area contributed by atoms with Crippen molar-refractivity contribution in [2.75, 3.05) is 5.32 Å². The van der Waals surface area contributed by atoms with Crippen LogP contribution >= 0.6 is 11.3 Å². The van der Waals surface area contributed by atoms with Crippen LogP contribution in [-0.2, 0) is 13.5 Å². The maximum absolute atomic E-state index is 4.36. The van der Waals surface area contributed by atoms with E-state index >= 15 is 0 Å². The van der Waals surface area contributed by atoms with Crippen molar-refractivity contribution in [1.29, 1.82) is 0 Å². The van der Waals surface area contributed by atoms with Crippen LogP contribution in [-0.4, -0.2) is 9.78 Å². The Hall–Kier alpha value is -1.29. The van der Waals surface area contributed by atoms with Gasteiger partial charge in [-0.15, -0.1) is 0 Å². The molecular formula is C12H15N3S. The van der Waals surface area contributed by atoms with Crippen molar-refractivity contribution in [3.8, 4) is 0 Å². The van der Waals surface area contributed by atoms with Crippen molar-refractivity contribution in [1.82, 2.24) is 9.78 Å². The number of rotatable bonds is 2. The second kappa shape index (κ2) is 3.94. The third-order valence-electron chi connectivity index (χ3n) is 3.24. The van der Waals surface area contributed by atoms with Gasteiger partial charge in [0.15, 0.2) is 0 Å². The van der Waals surface area contributed by atoms with Crippen molar-refractivity contribution < 1.29 is 0 Å². The minimum absolute atomic E-state index is 0.437. The molecule has 0 aromatic carbocycles. The van der Waals surface area contributed by atoms with Crippen LogP contribution in [0.5, 0.6) is 0 Å². The van der Waals surface area contributed by atoms with Gasteiger partial charge in [-0.05, 0) is 30.7 Å². The molecule has 3 nitrogen and oxygen atoms in total. The second-order valence-corrected chi connectivity index (χ2v) is 5.05. The Morgan fingerprint density at radius 3 is 3.31 bits per heavy atom. The first kappa shape index (κ1) is 9.90. The van der Waals surface area contributed by atoms with Crippen LogP contribution in [0.3, 0.4) is 0 Å². The molecule has 3 rings (SSSR count). The molecule has 1 N–H and O–H groups in total. The monoisotopic (exact) mass is 233 g/mol. The first-order valence-electron chi connectivity index (χ1n) is 5.64. The molecule has 1 unspecified atom stereocenters. The number of nitrogens with zero attached hydrogens (tertiary/aromatic N) is 2. The fourth-order valence-electron chi connectivity index (χ4n) is 2.40. The summed E-state index contributed by atoms with van der Waals surface area (Å²) in [5, 5.41) is 12.2. The lowest BCUT2D eigenvalue weighted by Gasteiger charge is -2.24. The van der Waals surface area contributed by atoms with Crippen LogP contribution < -0.4 is 5.32 Å². The van der Waals surface area contributed by atoms with Crippen molar-refractivity contribution in [2.24, 2.45) is 7.05 Å². The summed E-state index contributed by atoms with van der Waals surface area (Å²) in [5.41, 5.74) is 3.99. The Bertz CT molecular complexity index is 472. The third-order valence-corrected chi connectivity index (χ3v) is 3.92. The first-order valence-corrected chi connectivity index (χ1v) is 6.58. The van der Waals surface area contributed by atoms with Crippen molar-refractivity contribution in [2.45, 2.75) is 25.3 Å². The number of hydrogen-bond donors (Lipinski definition) is 1. The number of anilines is 1. The average Bonchev–Trinajstić information content (AvgIpc) is 2.90. The molecule has 2 heterocycles. The number of aromatic nitrogens is 2. The minimum Gasteiger partial charge on any atom is -0.377 e. The largest absolute Gasteiger partial charge is 0.377 e. The molecule has 4 heteroatoms. The van der Waals surface area contributed by atoms with E-state index in [1.807, 2.05) is 17.9 Å². The normalized spacial score (nSPS) is 19.4. The number of nitrogens with one attached hydrogen (secondary N) is 1. The van der Waals surface area contributed by atoms with Gasteiger partial charge in [0.1, 0.15) is 0 Å². The van der Waals surface area contributed by atoms with E-state index in [1.165, 1.54) is 29.8 Å². The summed E-state index contributed by atoms with van der Waals surface area (Å²) in [7, 11) is 2.03. The van der Waals surface area contributed by atoms with E-state index in [9.17, 15) is 0 Å². The predicted molar refractivity (Wildman–Crippen MR) is 66.8 cm³/mol. The molecule has 2 aromatic rings. The molecule has 0 spiro atoms. The van der Waals surface area contributed by atoms with Gasteiger partial charge in [-0.3, -0.25) is 4.68 Å². The molecule has 0 saturated carbocycles. The van der Waals surface area contributed by atoms with Gasteiger partial charge < -0.3 is 5.32 Å². The molecule has 0 fully saturated rings. The van der Waals surface area contributed by atoms with E-state index in [0.29, 0.717) is 6.04 Å². The highest BCUT2D eigenvalue weighted by Crippen LogP contribution is 2.32. The van der Waals surface area contributed by atoms with Gasteiger partial charge in [-0.2, -0.15) is 16.4 Å². The summed E-state index contributed by atoms with van der Waals surface area (Å²) < 4.78 is 2.01. The van der Waals surface area contributed by atoms with Crippen LogP contribution in [0.2, 0.25) is 0 Å². The molecule has 0 saturated heterocycles. The summed E-state index contributed by atoms with van der Waals surface area (Å²) in [6.07, 6.45) is 5.62. The zero-order valence-corrected chi connectivity index (χ0v) is 10.1. The molecule has 1 aliphatic carbocycles. The maximum atomic E-state index is 4.36. The number of fused-ring (bicyclic) bond motifs is 1. The number of hydrogen-bond acceptors (Lipinski definition) is 3. The zero-order valence-electron chi connectivity index (χ0n) is 9.31. The van der Waals surface area contributed by atoms with Gasteiger partial charge in [-0.1, -0.05) is 0 Å². The molecule has 0 bridgehead atoms. The summed E-state index contributed by atoms with van der Waals surface area (Å²) in [4.78, 5) is 0. The average molecular weight is 233 g/mol. The molecule has 2 aromatic heterocycles. The molecule has 0 radical (unpaired) electrons. The van der Waals surface area contributed by atoms with E-state index in [4.69, 9.17) is 0 Å². The topological polar surface area (TPSA) is 29.9 Å². The Morgan fingerprint density at radius 2 is 2.50 bits per heavy atom. The first-order chi connectivity index (χ1) is 7.84. The van der Waals surface area contributed by atoms with Crippen molar-refractivity contribution >= 4 is 17.0 Å². The SMILES string of the molecule is Cn1ncc2c1CCCC2Nc1ccsc1. The zero-order chi connectivity index (χ0) is 11.0. The summed E-state index contributed by atoms with van der Waals surface area (Å²) in [5.74, 6) is 0. The van der Waals surface area contributed by atoms with Crippen LogP contribution in [0.15, 0.2) is 23.0 Å². The van der Waals surface area contributed by atoms with E-state index in [2.05, 4.69) is 27.2 Å². The summed E-state index contributed by atoms with van der Waals surface area (Å²) in [6.45, 7) is 0. The minimum atomic E-state index is 0.437. The summed E-state index contributed by atoms with van der Waals surface area (Å²) >= 11 is 1.73. The van der Waals surface area contributed by atoms with E-state index in [1.54, 1.807) is 11.3 Å². The Balaban J connectivity index is 1.87. The summed E-state index contributed by atoms with van der Waals surface area (Å²) in [6, 6.07) is 2.57. The number of aryl methyl sites for hydroxylation is 1. The van der Waals surface area contributed by atoms with Crippen LogP contribution in [0.1, 0.15) is 30.1 Å². The molecule has 1 aliphatic rings. The van der Waals surface area contributed by atoms with Crippen LogP contribution in [0.25, 0.3) is 0 Å². The fraction of sp³-hybridized carbons (Fsp3) is 0.417. The fourth-order valence-corrected chi connectivity index (χ4v) is 3.00. The Labute approximate surface area is 99.1 Å². The lowest BCUT2D eigenvalue weighted by atomic mass is 9.93. The standard InChI is InChI=1S/C12H15N3S/c1-15-12-4-2-3-11(10(12)7-13-15)14-9-5-6-16-8-9/h5-8,11,14H,2-4H2,1H3. The molecule has 16 heavy (non-hydrogen) atoms. The van der Waals surface area contributed by atoms with Gasteiger partial charge in [0.2, 0.25) is 0 Å². The Kier molecular flexibility index (Phi) is 2.44. The highest BCUT2D eigenvalue weighted by Gasteiger charge is 2.23. The lowest BCUT2D eigenvalue weighted by Crippen LogP contribution is -2.17. The number of thiophene rings is 1. The second-order valence-electron chi connectivity index (χ2n) is 4.27. The third kappa shape index (κ3) is 1.63. The predicted octanol–water partition coefficient (Wildman–Crippen LogP) is 2.97. The van der Waals surface area contributed by atoms with Gasteiger partial charge in [-0.25, -0.2) is 0 Å². The molecule has 84 valence electrons. The van der Waals surface area contributed by atoms with E-state index in [-0.39, 0.29) is 0 Å². The molecule has 1 atom stereocenters. The highest BCUT2D eigenvalue weighted by molar-refractivity contribution is 7.08. The van der Waals surface area contributed by atoms with E-state index < -0.39 is 0 Å². The molecular weight excluding hydrogens is 218 g/mol. The van der Waals surface area contributed by atoms with Crippen LogP contribution in [0, 0.1) is 0 Å². The smallest absolute Gasteiger partial charge is 0.0548 e. The lowest BCUT2D eigenvalue weighted by molar-refractivity contribution is 0.571. The van der Waals surface area contributed by atoms with Gasteiger partial charge in [0.25, 0.3) is 0 Å². The van der Waals surface area contributed by atoms with E-state index in [0.717, 1.165) is 6.42 Å². The Morgan fingerprint density at radius 1 is 1.56 bits per heavy atom. The highest BCUT2D eigenvalue weighted by atomic mass is 32.1. The van der Waals surface area contributed by atoms with Gasteiger partial charge in [0.05, 0.1) is 12.2 Å². The molecule has 0 amide bonds. The molecule has 0 aliphatic heterocycles. The van der Waals surface area contributed by atoms with Crippen molar-refractivity contribution in [3.63, 3.8) is 0 Å². The quantitative estimate of drug-likeness (QED) is 0.864. The van der Waals surface area contributed by atoms with Gasteiger partial charge >= 0.3 is 0 Å². The van der Waals surface area contributed by atoms with Crippen LogP contribution in [0.4, 0.5) is 5.69 Å².